The summed E-state index contributed by atoms with van der Waals surface area (Å²) in [5.41, 5.74) is 0.293. The zero-order valence-corrected chi connectivity index (χ0v) is 11.7. The first-order valence-electron chi connectivity index (χ1n) is 7.49. The van der Waals surface area contributed by atoms with E-state index >= 15 is 0 Å². The SMILES string of the molecule is CC=CC(=O)OCC12CC3CC(CC(CO)(C3)C1)C2. The third-order valence-corrected chi connectivity index (χ3v) is 5.46. The third-order valence-electron chi connectivity index (χ3n) is 5.46. The molecule has 4 rings (SSSR count). The van der Waals surface area contributed by atoms with Gasteiger partial charge >= 0.3 is 5.97 Å². The summed E-state index contributed by atoms with van der Waals surface area (Å²) in [5, 5.41) is 9.79. The van der Waals surface area contributed by atoms with Gasteiger partial charge in [-0.25, -0.2) is 4.79 Å². The van der Waals surface area contributed by atoms with Gasteiger partial charge in [-0.2, -0.15) is 0 Å². The van der Waals surface area contributed by atoms with Gasteiger partial charge in [0, 0.05) is 18.1 Å². The Morgan fingerprint density at radius 1 is 1.26 bits per heavy atom. The van der Waals surface area contributed by atoms with E-state index in [0.717, 1.165) is 18.3 Å². The molecule has 4 fully saturated rings. The number of rotatable bonds is 4. The van der Waals surface area contributed by atoms with Gasteiger partial charge in [-0.3, -0.25) is 0 Å². The van der Waals surface area contributed by atoms with Crippen LogP contribution in [0.3, 0.4) is 0 Å². The molecule has 0 spiro atoms. The minimum Gasteiger partial charge on any atom is -0.462 e. The van der Waals surface area contributed by atoms with Crippen molar-refractivity contribution in [2.45, 2.75) is 45.4 Å². The summed E-state index contributed by atoms with van der Waals surface area (Å²) in [7, 11) is 0. The van der Waals surface area contributed by atoms with Crippen molar-refractivity contribution in [3.05, 3.63) is 12.2 Å². The summed E-state index contributed by atoms with van der Waals surface area (Å²) in [4.78, 5) is 11.5. The van der Waals surface area contributed by atoms with Gasteiger partial charge in [-0.05, 0) is 62.7 Å². The molecule has 0 aliphatic heterocycles. The van der Waals surface area contributed by atoms with Gasteiger partial charge in [-0.15, -0.1) is 0 Å². The van der Waals surface area contributed by atoms with Gasteiger partial charge in [-0.1, -0.05) is 6.08 Å². The number of aliphatic hydroxyl groups excluding tert-OH is 1. The summed E-state index contributed by atoms with van der Waals surface area (Å²) in [5.74, 6) is 1.26. The topological polar surface area (TPSA) is 46.5 Å². The van der Waals surface area contributed by atoms with E-state index in [1.54, 1.807) is 6.08 Å². The lowest BCUT2D eigenvalue weighted by Gasteiger charge is -2.61. The Morgan fingerprint density at radius 3 is 2.47 bits per heavy atom. The summed E-state index contributed by atoms with van der Waals surface area (Å²) in [6.07, 6.45) is 10.3. The number of ether oxygens (including phenoxy) is 1. The molecule has 0 aromatic heterocycles. The van der Waals surface area contributed by atoms with Crippen LogP contribution in [0.2, 0.25) is 0 Å². The van der Waals surface area contributed by atoms with Gasteiger partial charge in [0.25, 0.3) is 0 Å². The van der Waals surface area contributed by atoms with E-state index in [0.29, 0.717) is 13.2 Å². The smallest absolute Gasteiger partial charge is 0.330 e. The average Bonchev–Trinajstić information content (AvgIpc) is 2.35. The predicted octanol–water partition coefficient (Wildman–Crippen LogP) is 2.68. The van der Waals surface area contributed by atoms with E-state index < -0.39 is 0 Å². The average molecular weight is 264 g/mol. The minimum atomic E-state index is -0.226. The second kappa shape index (κ2) is 4.62. The molecule has 2 atom stereocenters. The highest BCUT2D eigenvalue weighted by atomic mass is 16.5. The van der Waals surface area contributed by atoms with Crippen molar-refractivity contribution in [1.29, 1.82) is 0 Å². The zero-order chi connectivity index (χ0) is 13.5. The number of allylic oxidation sites excluding steroid dienone is 1. The van der Waals surface area contributed by atoms with Crippen LogP contribution in [0.5, 0.6) is 0 Å². The summed E-state index contributed by atoms with van der Waals surface area (Å²) < 4.78 is 5.45. The van der Waals surface area contributed by atoms with Crippen LogP contribution < -0.4 is 0 Å². The Balaban J connectivity index is 1.72. The molecule has 0 amide bonds. The minimum absolute atomic E-state index is 0.136. The Hall–Kier alpha value is -0.830. The normalized spacial score (nSPS) is 43.9. The molecule has 4 aliphatic rings. The molecule has 3 nitrogen and oxygen atoms in total. The molecule has 106 valence electrons. The van der Waals surface area contributed by atoms with E-state index in [9.17, 15) is 9.90 Å². The lowest BCUT2D eigenvalue weighted by Crippen LogP contribution is -2.55. The monoisotopic (exact) mass is 264 g/mol. The number of hydrogen-bond donors (Lipinski definition) is 1. The van der Waals surface area contributed by atoms with Crippen LogP contribution in [0, 0.1) is 22.7 Å². The first kappa shape index (κ1) is 13.2. The van der Waals surface area contributed by atoms with E-state index in [1.807, 2.05) is 6.92 Å². The van der Waals surface area contributed by atoms with E-state index in [2.05, 4.69) is 0 Å². The molecule has 0 heterocycles. The van der Waals surface area contributed by atoms with Crippen molar-refractivity contribution in [2.75, 3.05) is 13.2 Å². The molecule has 4 bridgehead atoms. The molecule has 0 radical (unpaired) electrons. The van der Waals surface area contributed by atoms with E-state index in [-0.39, 0.29) is 16.8 Å². The van der Waals surface area contributed by atoms with Crippen LogP contribution in [-0.4, -0.2) is 24.3 Å². The zero-order valence-electron chi connectivity index (χ0n) is 11.7. The molecule has 3 heteroatoms. The number of hydrogen-bond acceptors (Lipinski definition) is 3. The number of carbonyl (C=O) groups is 1. The molecule has 2 unspecified atom stereocenters. The fourth-order valence-corrected chi connectivity index (χ4v) is 5.41. The predicted molar refractivity (Wildman–Crippen MR) is 72.4 cm³/mol. The van der Waals surface area contributed by atoms with Crippen molar-refractivity contribution in [3.63, 3.8) is 0 Å². The lowest BCUT2D eigenvalue weighted by atomic mass is 9.44. The largest absolute Gasteiger partial charge is 0.462 e. The summed E-state index contributed by atoms with van der Waals surface area (Å²) >= 11 is 0. The fourth-order valence-electron chi connectivity index (χ4n) is 5.41. The Bertz CT molecular complexity index is 385. The van der Waals surface area contributed by atoms with Gasteiger partial charge < -0.3 is 9.84 Å². The van der Waals surface area contributed by atoms with Gasteiger partial charge in [0.1, 0.15) is 0 Å². The van der Waals surface area contributed by atoms with Crippen LogP contribution in [0.1, 0.15) is 45.4 Å². The highest BCUT2D eigenvalue weighted by molar-refractivity contribution is 5.81. The second-order valence-electron chi connectivity index (χ2n) is 7.23. The lowest BCUT2D eigenvalue weighted by molar-refractivity contribution is -0.166. The first-order chi connectivity index (χ1) is 9.09. The van der Waals surface area contributed by atoms with Crippen molar-refractivity contribution >= 4 is 5.97 Å². The number of carbonyl (C=O) groups excluding carboxylic acids is 1. The molecule has 19 heavy (non-hydrogen) atoms. The van der Waals surface area contributed by atoms with Crippen molar-refractivity contribution in [3.8, 4) is 0 Å². The van der Waals surface area contributed by atoms with Crippen LogP contribution >= 0.6 is 0 Å². The third kappa shape index (κ3) is 2.33. The maximum Gasteiger partial charge on any atom is 0.330 e. The number of aliphatic hydroxyl groups is 1. The van der Waals surface area contributed by atoms with Crippen LogP contribution in [-0.2, 0) is 9.53 Å². The van der Waals surface area contributed by atoms with E-state index in [4.69, 9.17) is 4.74 Å². The first-order valence-corrected chi connectivity index (χ1v) is 7.49. The quantitative estimate of drug-likeness (QED) is 0.627. The van der Waals surface area contributed by atoms with Crippen molar-refractivity contribution < 1.29 is 14.6 Å². The molecule has 0 aromatic carbocycles. The Kier molecular flexibility index (Phi) is 3.20. The highest BCUT2D eigenvalue weighted by Gasteiger charge is 2.57. The van der Waals surface area contributed by atoms with Gasteiger partial charge in [0.15, 0.2) is 0 Å². The molecule has 1 N–H and O–H groups in total. The number of esters is 1. The van der Waals surface area contributed by atoms with Crippen molar-refractivity contribution in [1.82, 2.24) is 0 Å². The molecule has 4 saturated carbocycles. The molecule has 0 aromatic rings. The maximum absolute atomic E-state index is 11.5. The summed E-state index contributed by atoms with van der Waals surface area (Å²) in [6.45, 7) is 2.68. The second-order valence-corrected chi connectivity index (χ2v) is 7.23. The maximum atomic E-state index is 11.5. The fraction of sp³-hybridized carbons (Fsp3) is 0.812. The van der Waals surface area contributed by atoms with Gasteiger partial charge in [0.2, 0.25) is 0 Å². The summed E-state index contributed by atoms with van der Waals surface area (Å²) in [6, 6.07) is 0. The molecule has 0 saturated heterocycles. The standard InChI is InChI=1S/C16H24O3/c1-2-3-14(18)19-11-16-7-12-4-13(8-16)6-15(5-12,9-16)10-17/h2-3,12-13,17H,4-11H2,1H3. The highest BCUT2D eigenvalue weighted by Crippen LogP contribution is 2.65. The van der Waals surface area contributed by atoms with Crippen molar-refractivity contribution in [2.24, 2.45) is 22.7 Å². The molecular formula is C16H24O3. The van der Waals surface area contributed by atoms with Gasteiger partial charge in [0.05, 0.1) is 6.61 Å². The Morgan fingerprint density at radius 2 is 1.89 bits per heavy atom. The molecule has 4 aliphatic carbocycles. The van der Waals surface area contributed by atoms with E-state index in [1.165, 1.54) is 38.2 Å². The molecular weight excluding hydrogens is 240 g/mol. The van der Waals surface area contributed by atoms with Crippen LogP contribution in [0.4, 0.5) is 0 Å². The van der Waals surface area contributed by atoms with Crippen LogP contribution in [0.15, 0.2) is 12.2 Å². The Labute approximate surface area is 115 Å². The van der Waals surface area contributed by atoms with Crippen LogP contribution in [0.25, 0.3) is 0 Å².